The van der Waals surface area contributed by atoms with Crippen molar-refractivity contribution in [1.82, 2.24) is 4.90 Å². The fourth-order valence-electron chi connectivity index (χ4n) is 2.27. The van der Waals surface area contributed by atoms with Gasteiger partial charge < -0.3 is 19.1 Å². The maximum Gasteiger partial charge on any atom is 0.253 e. The van der Waals surface area contributed by atoms with E-state index in [1.807, 2.05) is 37.3 Å². The first-order valence-electron chi connectivity index (χ1n) is 8.00. The first-order valence-corrected chi connectivity index (χ1v) is 8.79. The van der Waals surface area contributed by atoms with Gasteiger partial charge in [-0.15, -0.1) is 0 Å². The molecule has 2 aromatic carbocycles. The molecule has 0 unspecified atom stereocenters. The molecule has 0 atom stereocenters. The average Bonchev–Trinajstić information content (AvgIpc) is 2.63. The van der Waals surface area contributed by atoms with Crippen molar-refractivity contribution in [2.24, 2.45) is 0 Å². The molecular weight excluding hydrogens is 386 g/mol. The third-order valence-electron chi connectivity index (χ3n) is 3.55. The molecule has 0 aromatic heterocycles. The number of ether oxygens (including phenoxy) is 3. The third-order valence-corrected chi connectivity index (χ3v) is 4.14. The largest absolute Gasteiger partial charge is 0.493 e. The monoisotopic (exact) mass is 407 g/mol. The zero-order chi connectivity index (χ0) is 18.2. The van der Waals surface area contributed by atoms with Crippen molar-refractivity contribution < 1.29 is 19.0 Å². The Bertz CT molecular complexity index is 706. The highest BCUT2D eigenvalue weighted by atomic mass is 79.9. The van der Waals surface area contributed by atoms with Crippen LogP contribution in [0.15, 0.2) is 46.9 Å². The molecule has 1 amide bonds. The van der Waals surface area contributed by atoms with Gasteiger partial charge in [0.05, 0.1) is 24.7 Å². The topological polar surface area (TPSA) is 48.0 Å². The Morgan fingerprint density at radius 1 is 1.16 bits per heavy atom. The number of carbonyl (C=O) groups is 1. The van der Waals surface area contributed by atoms with Crippen LogP contribution in [0, 0.1) is 0 Å². The Hall–Kier alpha value is -2.21. The molecule has 0 aliphatic heterocycles. The number of nitrogens with zero attached hydrogens (tertiary/aromatic N) is 1. The molecule has 0 aliphatic rings. The number of para-hydroxylation sites is 1. The standard InChI is InChI=1S/C19H22BrNO4/c1-4-24-18-16(20)12-14(13-17(18)23-3)19(22)21(2)10-11-25-15-8-6-5-7-9-15/h5-9,12-13H,4,10-11H2,1-3H3. The lowest BCUT2D eigenvalue weighted by Crippen LogP contribution is -2.30. The van der Waals surface area contributed by atoms with Crippen molar-refractivity contribution in [2.45, 2.75) is 6.92 Å². The Morgan fingerprint density at radius 3 is 2.52 bits per heavy atom. The molecule has 2 aromatic rings. The first-order chi connectivity index (χ1) is 12.1. The van der Waals surface area contributed by atoms with Gasteiger partial charge in [-0.1, -0.05) is 18.2 Å². The molecule has 5 nitrogen and oxygen atoms in total. The van der Waals surface area contributed by atoms with E-state index in [9.17, 15) is 4.79 Å². The minimum absolute atomic E-state index is 0.112. The number of rotatable bonds is 8. The molecule has 134 valence electrons. The van der Waals surface area contributed by atoms with Crippen molar-refractivity contribution in [1.29, 1.82) is 0 Å². The van der Waals surface area contributed by atoms with Gasteiger partial charge in [0.15, 0.2) is 11.5 Å². The van der Waals surface area contributed by atoms with Crippen LogP contribution in [0.25, 0.3) is 0 Å². The third kappa shape index (κ3) is 5.13. The number of benzene rings is 2. The van der Waals surface area contributed by atoms with E-state index >= 15 is 0 Å². The maximum atomic E-state index is 12.6. The predicted octanol–water partition coefficient (Wildman–Crippen LogP) is 4.01. The van der Waals surface area contributed by atoms with Gasteiger partial charge in [-0.3, -0.25) is 4.79 Å². The first kappa shape index (κ1) is 19.1. The fraction of sp³-hybridized carbons (Fsp3) is 0.316. The highest BCUT2D eigenvalue weighted by Gasteiger charge is 2.18. The molecule has 6 heteroatoms. The molecule has 25 heavy (non-hydrogen) atoms. The predicted molar refractivity (Wildman–Crippen MR) is 101 cm³/mol. The van der Waals surface area contributed by atoms with Crippen LogP contribution in [0.2, 0.25) is 0 Å². The van der Waals surface area contributed by atoms with Crippen molar-refractivity contribution >= 4 is 21.8 Å². The second kappa shape index (κ2) is 9.32. The van der Waals surface area contributed by atoms with E-state index < -0.39 is 0 Å². The van der Waals surface area contributed by atoms with Gasteiger partial charge in [0, 0.05) is 12.6 Å². The Kier molecular flexibility index (Phi) is 7.13. The van der Waals surface area contributed by atoms with E-state index in [1.54, 1.807) is 31.2 Å². The highest BCUT2D eigenvalue weighted by molar-refractivity contribution is 9.10. The number of carbonyl (C=O) groups excluding carboxylic acids is 1. The van der Waals surface area contributed by atoms with Crippen LogP contribution < -0.4 is 14.2 Å². The lowest BCUT2D eigenvalue weighted by molar-refractivity contribution is 0.0773. The molecule has 0 N–H and O–H groups in total. The SMILES string of the molecule is CCOc1c(Br)cc(C(=O)N(C)CCOc2ccccc2)cc1OC. The average molecular weight is 408 g/mol. The van der Waals surface area contributed by atoms with Crippen LogP contribution in [0.1, 0.15) is 17.3 Å². The zero-order valence-corrected chi connectivity index (χ0v) is 16.2. The Balaban J connectivity index is 2.02. The lowest BCUT2D eigenvalue weighted by atomic mass is 10.1. The van der Waals surface area contributed by atoms with E-state index in [0.717, 1.165) is 5.75 Å². The second-order valence-electron chi connectivity index (χ2n) is 5.31. The van der Waals surface area contributed by atoms with Crippen LogP contribution in [0.3, 0.4) is 0 Å². The van der Waals surface area contributed by atoms with Crippen molar-refractivity contribution in [3.63, 3.8) is 0 Å². The lowest BCUT2D eigenvalue weighted by Gasteiger charge is -2.19. The Morgan fingerprint density at radius 2 is 1.88 bits per heavy atom. The van der Waals surface area contributed by atoms with E-state index in [-0.39, 0.29) is 5.91 Å². The molecule has 0 radical (unpaired) electrons. The molecule has 0 aliphatic carbocycles. The summed E-state index contributed by atoms with van der Waals surface area (Å²) in [4.78, 5) is 14.2. The van der Waals surface area contributed by atoms with E-state index in [1.165, 1.54) is 0 Å². The van der Waals surface area contributed by atoms with Crippen molar-refractivity contribution in [3.8, 4) is 17.2 Å². The van der Waals surface area contributed by atoms with Crippen LogP contribution in [0.5, 0.6) is 17.2 Å². The van der Waals surface area contributed by atoms with Crippen molar-refractivity contribution in [2.75, 3.05) is 33.9 Å². The van der Waals surface area contributed by atoms with E-state index in [4.69, 9.17) is 14.2 Å². The molecule has 0 heterocycles. The number of likely N-dealkylation sites (N-methyl/N-ethyl adjacent to an activating group) is 1. The van der Waals surface area contributed by atoms with Crippen LogP contribution in [-0.2, 0) is 0 Å². The molecular formula is C19H22BrNO4. The number of hydrogen-bond donors (Lipinski definition) is 0. The number of halogens is 1. The van der Waals surface area contributed by atoms with Crippen molar-refractivity contribution in [3.05, 3.63) is 52.5 Å². The van der Waals surface area contributed by atoms with Gasteiger partial charge in [0.25, 0.3) is 5.91 Å². The summed E-state index contributed by atoms with van der Waals surface area (Å²) in [6, 6.07) is 12.9. The van der Waals surface area contributed by atoms with Gasteiger partial charge in [-0.2, -0.15) is 0 Å². The van der Waals surface area contributed by atoms with Crippen LogP contribution in [0.4, 0.5) is 0 Å². The number of methoxy groups -OCH3 is 1. The summed E-state index contributed by atoms with van der Waals surface area (Å²) >= 11 is 3.44. The summed E-state index contributed by atoms with van der Waals surface area (Å²) in [6.07, 6.45) is 0. The van der Waals surface area contributed by atoms with Gasteiger partial charge in [-0.05, 0) is 47.1 Å². The summed E-state index contributed by atoms with van der Waals surface area (Å²) in [5.74, 6) is 1.79. The highest BCUT2D eigenvalue weighted by Crippen LogP contribution is 2.36. The van der Waals surface area contributed by atoms with Gasteiger partial charge in [-0.25, -0.2) is 0 Å². The van der Waals surface area contributed by atoms with Gasteiger partial charge in [0.1, 0.15) is 12.4 Å². The molecule has 0 spiro atoms. The summed E-state index contributed by atoms with van der Waals surface area (Å²) in [6.45, 7) is 3.30. The zero-order valence-electron chi connectivity index (χ0n) is 14.6. The smallest absolute Gasteiger partial charge is 0.253 e. The maximum absolute atomic E-state index is 12.6. The molecule has 0 saturated carbocycles. The van der Waals surface area contributed by atoms with Gasteiger partial charge >= 0.3 is 0 Å². The normalized spacial score (nSPS) is 10.2. The number of hydrogen-bond acceptors (Lipinski definition) is 4. The minimum Gasteiger partial charge on any atom is -0.493 e. The van der Waals surface area contributed by atoms with E-state index in [2.05, 4.69) is 15.9 Å². The summed E-state index contributed by atoms with van der Waals surface area (Å²) in [5, 5.41) is 0. The quantitative estimate of drug-likeness (QED) is 0.663. The molecule has 0 bridgehead atoms. The minimum atomic E-state index is -0.112. The summed E-state index contributed by atoms with van der Waals surface area (Å²) in [7, 11) is 3.30. The Labute approximate surface area is 156 Å². The molecule has 0 fully saturated rings. The fourth-order valence-corrected chi connectivity index (χ4v) is 2.82. The summed E-state index contributed by atoms with van der Waals surface area (Å²) < 4.78 is 17.2. The van der Waals surface area contributed by atoms with Crippen LogP contribution >= 0.6 is 15.9 Å². The molecule has 0 saturated heterocycles. The second-order valence-corrected chi connectivity index (χ2v) is 6.17. The number of amides is 1. The van der Waals surface area contributed by atoms with Crippen LogP contribution in [-0.4, -0.2) is 44.7 Å². The van der Waals surface area contributed by atoms with Gasteiger partial charge in [0.2, 0.25) is 0 Å². The van der Waals surface area contributed by atoms with E-state index in [0.29, 0.717) is 41.3 Å². The molecule has 2 rings (SSSR count). The summed E-state index contributed by atoms with van der Waals surface area (Å²) in [5.41, 5.74) is 0.523.